The normalized spacial score (nSPS) is 31.5. The van der Waals surface area contributed by atoms with E-state index >= 15 is 0 Å². The molecule has 2 saturated carbocycles. The minimum Gasteiger partial charge on any atom is -0.397 e. The van der Waals surface area contributed by atoms with Crippen LogP contribution >= 0.6 is 22.6 Å². The maximum absolute atomic E-state index is 12.5. The number of rotatable bonds is 4. The molecule has 27 heavy (non-hydrogen) atoms. The van der Waals surface area contributed by atoms with Gasteiger partial charge in [0.1, 0.15) is 0 Å². The first-order valence-corrected chi connectivity index (χ1v) is 12.5. The molecule has 1 aromatic rings. The third-order valence-electron chi connectivity index (χ3n) is 5.71. The number of nitrogens with two attached hydrogens (primary N) is 1. The Morgan fingerprint density at radius 2 is 1.85 bits per heavy atom. The summed E-state index contributed by atoms with van der Waals surface area (Å²) in [5, 5.41) is 3.66. The molecule has 0 saturated heterocycles. The second kappa shape index (κ2) is 7.71. The summed E-state index contributed by atoms with van der Waals surface area (Å²) in [6, 6.07) is 5.42. The maximum atomic E-state index is 12.5. The number of sulfonamides is 1. The number of hydrogen-bond acceptors (Lipinski definition) is 4. The number of anilines is 2. The highest BCUT2D eigenvalue weighted by Crippen LogP contribution is 2.46. The molecule has 2 aliphatic rings. The average Bonchev–Trinajstić information content (AvgIpc) is 2.49. The first-order valence-electron chi connectivity index (χ1n) is 9.79. The van der Waals surface area contributed by atoms with Gasteiger partial charge in [0.05, 0.1) is 16.3 Å². The maximum Gasteiger partial charge on any atom is 0.241 e. The molecule has 4 N–H and O–H groups in total. The van der Waals surface area contributed by atoms with E-state index in [-0.39, 0.29) is 4.90 Å². The Bertz CT molecular complexity index is 787. The molecule has 1 aromatic carbocycles. The van der Waals surface area contributed by atoms with Crippen LogP contribution in [0.15, 0.2) is 23.1 Å². The lowest BCUT2D eigenvalue weighted by Crippen LogP contribution is -2.45. The van der Waals surface area contributed by atoms with Crippen LogP contribution in [0.3, 0.4) is 0 Å². The predicted molar refractivity (Wildman–Crippen MR) is 121 cm³/mol. The minimum atomic E-state index is -3.58. The van der Waals surface area contributed by atoms with Crippen molar-refractivity contribution in [2.24, 2.45) is 17.8 Å². The quantitative estimate of drug-likeness (QED) is 0.322. The molecule has 0 amide bonds. The number of benzene rings is 1. The van der Waals surface area contributed by atoms with Gasteiger partial charge >= 0.3 is 0 Å². The molecule has 2 aliphatic carbocycles. The Hall–Kier alpha value is -0.540. The van der Waals surface area contributed by atoms with E-state index in [2.05, 4.69) is 39.6 Å². The van der Waals surface area contributed by atoms with Crippen molar-refractivity contribution in [3.63, 3.8) is 0 Å². The summed E-state index contributed by atoms with van der Waals surface area (Å²) in [4.78, 5) is 0.210. The van der Waals surface area contributed by atoms with Crippen molar-refractivity contribution in [2.75, 3.05) is 11.1 Å². The van der Waals surface area contributed by atoms with Crippen molar-refractivity contribution in [1.82, 2.24) is 4.72 Å². The first-order chi connectivity index (χ1) is 12.4. The van der Waals surface area contributed by atoms with Crippen LogP contribution in [0.5, 0.6) is 0 Å². The van der Waals surface area contributed by atoms with Crippen LogP contribution in [0.4, 0.5) is 11.4 Å². The van der Waals surface area contributed by atoms with Crippen LogP contribution in [0.1, 0.15) is 53.4 Å². The third kappa shape index (κ3) is 5.09. The van der Waals surface area contributed by atoms with Crippen LogP contribution in [0.2, 0.25) is 0 Å². The molecule has 0 aliphatic heterocycles. The fraction of sp³-hybridized carbons (Fsp3) is 0.700. The molecule has 5 nitrogen and oxygen atoms in total. The van der Waals surface area contributed by atoms with E-state index in [1.165, 1.54) is 25.7 Å². The zero-order valence-corrected chi connectivity index (χ0v) is 19.6. The molecular weight excluding hydrogens is 473 g/mol. The number of nitrogens with one attached hydrogen (secondary N) is 2. The highest BCUT2D eigenvalue weighted by molar-refractivity contribution is 14.1. The monoisotopic (exact) mass is 505 g/mol. The molecule has 152 valence electrons. The van der Waals surface area contributed by atoms with Gasteiger partial charge < -0.3 is 11.1 Å². The Labute approximate surface area is 177 Å². The Morgan fingerprint density at radius 3 is 2.48 bits per heavy atom. The van der Waals surface area contributed by atoms with Crippen molar-refractivity contribution in [2.45, 2.75) is 73.8 Å². The van der Waals surface area contributed by atoms with Crippen LogP contribution in [-0.2, 0) is 10.0 Å². The average molecular weight is 505 g/mol. The Balaban J connectivity index is 1.78. The van der Waals surface area contributed by atoms with Crippen molar-refractivity contribution in [3.05, 3.63) is 18.2 Å². The topological polar surface area (TPSA) is 84.2 Å². The van der Waals surface area contributed by atoms with Gasteiger partial charge in [0.2, 0.25) is 10.0 Å². The standard InChI is InChI=1S/C20H32IN3O2S/c1-12-7-13-8-14(10-15(21)9-13)19(12)23-18-6-5-16(11-17(18)22)27(25,26)24-20(2,3)4/h5-6,11-15,19,23-24H,7-10,22H2,1-4H3. The molecule has 7 heteroatoms. The third-order valence-corrected chi connectivity index (χ3v) is 8.48. The Morgan fingerprint density at radius 1 is 1.15 bits per heavy atom. The summed E-state index contributed by atoms with van der Waals surface area (Å²) in [6.07, 6.45) is 5.16. The van der Waals surface area contributed by atoms with Crippen LogP contribution in [0.25, 0.3) is 0 Å². The van der Waals surface area contributed by atoms with Gasteiger partial charge in [-0.1, -0.05) is 29.5 Å². The van der Waals surface area contributed by atoms with Gasteiger partial charge in [-0.25, -0.2) is 13.1 Å². The van der Waals surface area contributed by atoms with E-state index in [9.17, 15) is 8.42 Å². The van der Waals surface area contributed by atoms with Gasteiger partial charge in [0.25, 0.3) is 0 Å². The molecule has 2 fully saturated rings. The minimum absolute atomic E-state index is 0.210. The second-order valence-corrected chi connectivity index (χ2v) is 12.9. The van der Waals surface area contributed by atoms with E-state index in [1.807, 2.05) is 26.8 Å². The van der Waals surface area contributed by atoms with E-state index in [1.54, 1.807) is 12.1 Å². The van der Waals surface area contributed by atoms with E-state index in [0.717, 1.165) is 15.5 Å². The lowest BCUT2D eigenvalue weighted by atomic mass is 9.65. The van der Waals surface area contributed by atoms with Crippen LogP contribution < -0.4 is 15.8 Å². The summed E-state index contributed by atoms with van der Waals surface area (Å²) in [5.41, 5.74) is 7.04. The van der Waals surface area contributed by atoms with E-state index < -0.39 is 15.6 Å². The van der Waals surface area contributed by atoms with Gasteiger partial charge in [-0.2, -0.15) is 0 Å². The number of halogens is 1. The molecule has 3 rings (SSSR count). The highest BCUT2D eigenvalue weighted by Gasteiger charge is 2.40. The fourth-order valence-corrected chi connectivity index (χ4v) is 7.60. The Kier molecular flexibility index (Phi) is 6.04. The summed E-state index contributed by atoms with van der Waals surface area (Å²) in [5.74, 6) is 2.12. The van der Waals surface area contributed by atoms with Gasteiger partial charge in [-0.15, -0.1) is 0 Å². The van der Waals surface area contributed by atoms with E-state index in [0.29, 0.717) is 23.6 Å². The molecule has 0 spiro atoms. The summed E-state index contributed by atoms with van der Waals surface area (Å²) < 4.78 is 28.5. The summed E-state index contributed by atoms with van der Waals surface area (Å²) in [7, 11) is -3.58. The van der Waals surface area contributed by atoms with Crippen LogP contribution in [-0.4, -0.2) is 23.9 Å². The van der Waals surface area contributed by atoms with Crippen molar-refractivity contribution >= 4 is 44.0 Å². The lowest BCUT2D eigenvalue weighted by molar-refractivity contribution is 0.136. The number of fused-ring (bicyclic) bond motifs is 2. The molecule has 0 aromatic heterocycles. The molecule has 5 atom stereocenters. The number of alkyl halides is 1. The molecular formula is C20H32IN3O2S. The second-order valence-electron chi connectivity index (χ2n) is 9.42. The van der Waals surface area contributed by atoms with Gasteiger partial charge in [0.15, 0.2) is 0 Å². The zero-order chi connectivity index (χ0) is 20.0. The van der Waals surface area contributed by atoms with Crippen molar-refractivity contribution in [3.8, 4) is 0 Å². The van der Waals surface area contributed by atoms with Crippen LogP contribution in [0, 0.1) is 17.8 Å². The lowest BCUT2D eigenvalue weighted by Gasteiger charge is -2.46. The van der Waals surface area contributed by atoms with E-state index in [4.69, 9.17) is 5.73 Å². The number of nitrogen functional groups attached to an aromatic ring is 1. The SMILES string of the molecule is CC1CC2CC(I)CC(C2)C1Nc1ccc(S(=O)(=O)NC(C)(C)C)cc1N. The highest BCUT2D eigenvalue weighted by atomic mass is 127. The first kappa shape index (κ1) is 21.2. The van der Waals surface area contributed by atoms with Gasteiger partial charge in [0, 0.05) is 15.5 Å². The predicted octanol–water partition coefficient (Wildman–Crippen LogP) is 4.39. The molecule has 0 radical (unpaired) electrons. The zero-order valence-electron chi connectivity index (χ0n) is 16.6. The largest absolute Gasteiger partial charge is 0.397 e. The van der Waals surface area contributed by atoms with Crippen molar-refractivity contribution < 1.29 is 8.42 Å². The summed E-state index contributed by atoms with van der Waals surface area (Å²) >= 11 is 2.60. The fourth-order valence-electron chi connectivity index (χ4n) is 4.77. The van der Waals surface area contributed by atoms with Crippen molar-refractivity contribution in [1.29, 1.82) is 0 Å². The molecule has 5 unspecified atom stereocenters. The smallest absolute Gasteiger partial charge is 0.241 e. The van der Waals surface area contributed by atoms with Gasteiger partial charge in [-0.3, -0.25) is 0 Å². The van der Waals surface area contributed by atoms with Gasteiger partial charge in [-0.05, 0) is 82.4 Å². The summed E-state index contributed by atoms with van der Waals surface area (Å²) in [6.45, 7) is 7.80. The molecule has 2 bridgehead atoms. The number of hydrogen-bond donors (Lipinski definition) is 3. The molecule has 0 heterocycles.